The molecule has 0 saturated heterocycles. The Kier molecular flexibility index (Phi) is 3.75. The summed E-state index contributed by atoms with van der Waals surface area (Å²) in [6, 6.07) is 4.10. The van der Waals surface area contributed by atoms with Crippen molar-refractivity contribution in [3.63, 3.8) is 0 Å². The number of amides is 1. The van der Waals surface area contributed by atoms with Crippen molar-refractivity contribution >= 4 is 50.1 Å². The Balaban J connectivity index is 2.17. The minimum atomic E-state index is 0.0158. The van der Waals surface area contributed by atoms with E-state index < -0.39 is 0 Å². The van der Waals surface area contributed by atoms with Crippen LogP contribution in [0.1, 0.15) is 12.5 Å². The molecule has 1 amide bonds. The largest absolute Gasteiger partial charge is 0.356 e. The molecule has 0 bridgehead atoms. The second-order valence-electron chi connectivity index (χ2n) is 3.47. The third-order valence-corrected chi connectivity index (χ3v) is 3.81. The molecule has 2 aromatic heterocycles. The van der Waals surface area contributed by atoms with Crippen LogP contribution in [0.25, 0.3) is 10.2 Å². The average molecular weight is 346 g/mol. The molecule has 0 atom stereocenters. The fourth-order valence-electron chi connectivity index (χ4n) is 1.49. The fourth-order valence-corrected chi connectivity index (χ4v) is 2.84. The molecular weight excluding hydrogens is 335 g/mol. The monoisotopic (exact) mass is 346 g/mol. The maximum atomic E-state index is 10.8. The maximum absolute atomic E-state index is 10.8. The highest BCUT2D eigenvalue weighted by Gasteiger charge is 2.05. The van der Waals surface area contributed by atoms with Crippen LogP contribution in [0.2, 0.25) is 0 Å². The molecular formula is C11H11IN2OS. The zero-order chi connectivity index (χ0) is 11.5. The van der Waals surface area contributed by atoms with Gasteiger partial charge in [0.15, 0.2) is 0 Å². The Labute approximate surface area is 111 Å². The summed E-state index contributed by atoms with van der Waals surface area (Å²) in [5, 5.41) is 4.92. The third kappa shape index (κ3) is 2.70. The number of carbonyl (C=O) groups is 1. The average Bonchev–Trinajstić information content (AvgIpc) is 2.60. The zero-order valence-electron chi connectivity index (χ0n) is 8.79. The van der Waals surface area contributed by atoms with Gasteiger partial charge < -0.3 is 5.32 Å². The molecule has 0 saturated carbocycles. The number of aromatic nitrogens is 1. The number of hydrogen-bond acceptors (Lipinski definition) is 3. The molecule has 1 N–H and O–H groups in total. The molecule has 5 heteroatoms. The molecule has 2 heterocycles. The lowest BCUT2D eigenvalue weighted by Crippen LogP contribution is -2.22. The molecule has 0 fully saturated rings. The highest BCUT2D eigenvalue weighted by Crippen LogP contribution is 2.25. The molecule has 0 unspecified atom stereocenters. The van der Waals surface area contributed by atoms with E-state index in [9.17, 15) is 4.79 Å². The van der Waals surface area contributed by atoms with Gasteiger partial charge in [-0.3, -0.25) is 4.79 Å². The Morgan fingerprint density at radius 1 is 1.56 bits per heavy atom. The van der Waals surface area contributed by atoms with E-state index >= 15 is 0 Å². The van der Waals surface area contributed by atoms with E-state index in [1.165, 1.54) is 17.2 Å². The van der Waals surface area contributed by atoms with Crippen molar-refractivity contribution < 1.29 is 4.79 Å². The van der Waals surface area contributed by atoms with Crippen molar-refractivity contribution in [1.82, 2.24) is 10.3 Å². The van der Waals surface area contributed by atoms with Gasteiger partial charge >= 0.3 is 0 Å². The summed E-state index contributed by atoms with van der Waals surface area (Å²) in [4.78, 5) is 15.3. The van der Waals surface area contributed by atoms with Gasteiger partial charge in [-0.25, -0.2) is 4.98 Å². The smallest absolute Gasteiger partial charge is 0.216 e. The highest BCUT2D eigenvalue weighted by atomic mass is 127. The fraction of sp³-hybridized carbons (Fsp3) is 0.273. The van der Waals surface area contributed by atoms with Crippen LogP contribution in [0.3, 0.4) is 0 Å². The predicted molar refractivity (Wildman–Crippen MR) is 74.7 cm³/mol. The van der Waals surface area contributed by atoms with Gasteiger partial charge in [0.1, 0.15) is 3.70 Å². The van der Waals surface area contributed by atoms with Crippen molar-refractivity contribution in [3.8, 4) is 0 Å². The lowest BCUT2D eigenvalue weighted by Gasteiger charge is -2.00. The number of carbonyl (C=O) groups excluding carboxylic acids is 1. The van der Waals surface area contributed by atoms with E-state index in [0.717, 1.165) is 15.6 Å². The summed E-state index contributed by atoms with van der Waals surface area (Å²) in [6.07, 6.45) is 0.840. The van der Waals surface area contributed by atoms with E-state index in [2.05, 4.69) is 44.3 Å². The van der Waals surface area contributed by atoms with Crippen LogP contribution in [0.4, 0.5) is 0 Å². The summed E-state index contributed by atoms with van der Waals surface area (Å²) < 4.78 is 2.21. The van der Waals surface area contributed by atoms with E-state index in [-0.39, 0.29) is 5.91 Å². The Morgan fingerprint density at radius 2 is 2.38 bits per heavy atom. The summed E-state index contributed by atoms with van der Waals surface area (Å²) in [7, 11) is 0. The van der Waals surface area contributed by atoms with Gasteiger partial charge in [-0.15, -0.1) is 11.3 Å². The van der Waals surface area contributed by atoms with Crippen LogP contribution in [0.15, 0.2) is 17.5 Å². The van der Waals surface area contributed by atoms with Crippen molar-refractivity contribution in [1.29, 1.82) is 0 Å². The topological polar surface area (TPSA) is 42.0 Å². The molecule has 84 valence electrons. The maximum Gasteiger partial charge on any atom is 0.216 e. The first-order valence-corrected chi connectivity index (χ1v) is 6.90. The van der Waals surface area contributed by atoms with E-state index in [4.69, 9.17) is 0 Å². The highest BCUT2D eigenvalue weighted by molar-refractivity contribution is 14.1. The number of rotatable bonds is 3. The van der Waals surface area contributed by atoms with Crippen molar-refractivity contribution in [3.05, 3.63) is 26.8 Å². The normalized spacial score (nSPS) is 10.6. The Bertz CT molecular complexity index is 524. The minimum absolute atomic E-state index is 0.0158. The summed E-state index contributed by atoms with van der Waals surface area (Å²) in [5.74, 6) is 0.0158. The number of fused-ring (bicyclic) bond motifs is 1. The van der Waals surface area contributed by atoms with Gasteiger partial charge in [-0.1, -0.05) is 0 Å². The molecule has 0 spiro atoms. The molecule has 0 aliphatic rings. The molecule has 0 aromatic carbocycles. The first kappa shape index (κ1) is 11.8. The summed E-state index contributed by atoms with van der Waals surface area (Å²) in [6.45, 7) is 2.21. The van der Waals surface area contributed by atoms with Crippen LogP contribution < -0.4 is 5.32 Å². The molecule has 2 aromatic rings. The molecule has 0 aliphatic heterocycles. The quantitative estimate of drug-likeness (QED) is 0.686. The first-order chi connectivity index (χ1) is 7.66. The van der Waals surface area contributed by atoms with E-state index in [1.807, 2.05) is 6.07 Å². The van der Waals surface area contributed by atoms with E-state index in [0.29, 0.717) is 6.54 Å². The predicted octanol–water partition coefficient (Wildman–Crippen LogP) is 2.58. The first-order valence-electron chi connectivity index (χ1n) is 4.94. The summed E-state index contributed by atoms with van der Waals surface area (Å²) in [5.41, 5.74) is 2.29. The molecule has 16 heavy (non-hydrogen) atoms. The number of nitrogens with one attached hydrogen (secondary N) is 1. The zero-order valence-corrected chi connectivity index (χ0v) is 11.8. The van der Waals surface area contributed by atoms with Crippen LogP contribution in [-0.2, 0) is 11.2 Å². The number of thiophene rings is 1. The van der Waals surface area contributed by atoms with Crippen LogP contribution in [0.5, 0.6) is 0 Å². The number of pyridine rings is 1. The molecule has 0 aliphatic carbocycles. The van der Waals surface area contributed by atoms with Crippen molar-refractivity contribution in [2.24, 2.45) is 0 Å². The number of hydrogen-bond donors (Lipinski definition) is 1. The SMILES string of the molecule is CC(=O)NCCc1csc2ccc(I)nc12. The molecule has 3 nitrogen and oxygen atoms in total. The van der Waals surface area contributed by atoms with Gasteiger partial charge in [0.2, 0.25) is 5.91 Å². The Hall–Kier alpha value is -0.690. The van der Waals surface area contributed by atoms with Gasteiger partial charge in [-0.05, 0) is 52.1 Å². The van der Waals surface area contributed by atoms with Gasteiger partial charge in [0.05, 0.1) is 10.2 Å². The van der Waals surface area contributed by atoms with Gasteiger partial charge in [0, 0.05) is 13.5 Å². The lowest BCUT2D eigenvalue weighted by atomic mass is 10.2. The number of halogens is 1. The van der Waals surface area contributed by atoms with Crippen LogP contribution in [-0.4, -0.2) is 17.4 Å². The van der Waals surface area contributed by atoms with Gasteiger partial charge in [0.25, 0.3) is 0 Å². The van der Waals surface area contributed by atoms with Crippen molar-refractivity contribution in [2.75, 3.05) is 6.54 Å². The third-order valence-electron chi connectivity index (χ3n) is 2.22. The minimum Gasteiger partial charge on any atom is -0.356 e. The molecule has 0 radical (unpaired) electrons. The van der Waals surface area contributed by atoms with Gasteiger partial charge in [-0.2, -0.15) is 0 Å². The van der Waals surface area contributed by atoms with Crippen LogP contribution in [0, 0.1) is 3.70 Å². The van der Waals surface area contributed by atoms with Crippen molar-refractivity contribution in [2.45, 2.75) is 13.3 Å². The molecule has 2 rings (SSSR count). The van der Waals surface area contributed by atoms with E-state index in [1.54, 1.807) is 11.3 Å². The number of nitrogens with zero attached hydrogens (tertiary/aromatic N) is 1. The second kappa shape index (κ2) is 5.09. The second-order valence-corrected chi connectivity index (χ2v) is 5.49. The Morgan fingerprint density at radius 3 is 3.12 bits per heavy atom. The standard InChI is InChI=1S/C11H11IN2OS/c1-7(15)13-5-4-8-6-16-9-2-3-10(12)14-11(8)9/h2-3,6H,4-5H2,1H3,(H,13,15). The summed E-state index contributed by atoms with van der Waals surface area (Å²) >= 11 is 3.92. The lowest BCUT2D eigenvalue weighted by molar-refractivity contribution is -0.118. The van der Waals surface area contributed by atoms with Crippen LogP contribution >= 0.6 is 33.9 Å².